The number of aromatic nitrogens is 3. The lowest BCUT2D eigenvalue weighted by molar-refractivity contribution is 1.07. The van der Waals surface area contributed by atoms with Crippen LogP contribution >= 0.6 is 0 Å². The summed E-state index contributed by atoms with van der Waals surface area (Å²) in [4.78, 5) is 12.4. The molecule has 2 heterocycles. The molecule has 5 nitrogen and oxygen atoms in total. The fraction of sp³-hybridized carbons (Fsp3) is 0.100. The van der Waals surface area contributed by atoms with Gasteiger partial charge in [0.1, 0.15) is 0 Å². The van der Waals surface area contributed by atoms with Crippen molar-refractivity contribution >= 4 is 5.95 Å². The number of hydrogen-bond acceptors (Lipinski definition) is 5. The van der Waals surface area contributed by atoms with Gasteiger partial charge in [-0.1, -0.05) is 0 Å². The average Bonchev–Trinajstić information content (AvgIpc) is 2.29. The van der Waals surface area contributed by atoms with Crippen molar-refractivity contribution < 1.29 is 0 Å². The van der Waals surface area contributed by atoms with Crippen LogP contribution in [0.2, 0.25) is 0 Å². The summed E-state index contributed by atoms with van der Waals surface area (Å²) in [7, 11) is 0. The van der Waals surface area contributed by atoms with Gasteiger partial charge in [0.15, 0.2) is 0 Å². The molecule has 76 valence electrons. The summed E-state index contributed by atoms with van der Waals surface area (Å²) in [5.74, 6) is 5.69. The third-order valence-electron chi connectivity index (χ3n) is 1.94. The minimum Gasteiger partial charge on any atom is -0.292 e. The van der Waals surface area contributed by atoms with Crippen LogP contribution in [0.1, 0.15) is 5.69 Å². The van der Waals surface area contributed by atoms with Gasteiger partial charge in [-0.25, -0.2) is 15.8 Å². The number of nitrogens with two attached hydrogens (primary N) is 1. The van der Waals surface area contributed by atoms with E-state index >= 15 is 0 Å². The highest BCUT2D eigenvalue weighted by atomic mass is 15.3. The Morgan fingerprint density at radius 1 is 1.33 bits per heavy atom. The molecular weight excluding hydrogens is 190 g/mol. The maximum absolute atomic E-state index is 5.28. The van der Waals surface area contributed by atoms with Crippen molar-refractivity contribution in [3.63, 3.8) is 0 Å². The Bertz CT molecular complexity index is 455. The van der Waals surface area contributed by atoms with E-state index in [1.54, 1.807) is 12.4 Å². The van der Waals surface area contributed by atoms with Crippen molar-refractivity contribution in [1.29, 1.82) is 0 Å². The second-order valence-corrected chi connectivity index (χ2v) is 3.10. The van der Waals surface area contributed by atoms with Crippen LogP contribution in [0.5, 0.6) is 0 Å². The molecule has 0 aliphatic carbocycles. The lowest BCUT2D eigenvalue weighted by Crippen LogP contribution is -2.11. The van der Waals surface area contributed by atoms with Crippen LogP contribution in [0, 0.1) is 6.92 Å². The van der Waals surface area contributed by atoms with E-state index in [0.29, 0.717) is 5.95 Å². The van der Waals surface area contributed by atoms with E-state index in [1.807, 2.05) is 25.1 Å². The van der Waals surface area contributed by atoms with Gasteiger partial charge < -0.3 is 0 Å². The topological polar surface area (TPSA) is 76.7 Å². The number of nitrogens with zero attached hydrogens (tertiary/aromatic N) is 3. The molecule has 0 unspecified atom stereocenters. The molecule has 0 radical (unpaired) electrons. The largest absolute Gasteiger partial charge is 0.292 e. The number of anilines is 1. The van der Waals surface area contributed by atoms with Gasteiger partial charge in [0.2, 0.25) is 5.95 Å². The molecule has 0 aromatic carbocycles. The third kappa shape index (κ3) is 2.08. The van der Waals surface area contributed by atoms with Crippen LogP contribution in [0.15, 0.2) is 30.6 Å². The van der Waals surface area contributed by atoms with Gasteiger partial charge in [0.25, 0.3) is 0 Å². The first-order valence-electron chi connectivity index (χ1n) is 4.52. The lowest BCUT2D eigenvalue weighted by atomic mass is 10.2. The van der Waals surface area contributed by atoms with Crippen LogP contribution in [-0.4, -0.2) is 15.0 Å². The molecule has 0 fully saturated rings. The molecular formula is C10H11N5. The zero-order valence-corrected chi connectivity index (χ0v) is 8.31. The molecule has 15 heavy (non-hydrogen) atoms. The van der Waals surface area contributed by atoms with E-state index in [4.69, 9.17) is 5.84 Å². The quantitative estimate of drug-likeness (QED) is 0.562. The maximum Gasteiger partial charge on any atom is 0.237 e. The Hall–Kier alpha value is -2.01. The third-order valence-corrected chi connectivity index (χ3v) is 1.94. The highest BCUT2D eigenvalue weighted by Gasteiger charge is 2.03. The highest BCUT2D eigenvalue weighted by Crippen LogP contribution is 2.17. The molecule has 0 amide bonds. The van der Waals surface area contributed by atoms with Crippen molar-refractivity contribution in [2.24, 2.45) is 5.84 Å². The van der Waals surface area contributed by atoms with E-state index in [-0.39, 0.29) is 0 Å². The van der Waals surface area contributed by atoms with Crippen LogP contribution in [-0.2, 0) is 0 Å². The number of hydrazine groups is 1. The zero-order valence-electron chi connectivity index (χ0n) is 8.31. The smallest absolute Gasteiger partial charge is 0.237 e. The van der Waals surface area contributed by atoms with Crippen LogP contribution in [0.25, 0.3) is 11.3 Å². The maximum atomic E-state index is 5.28. The van der Waals surface area contributed by atoms with Crippen molar-refractivity contribution in [3.8, 4) is 11.3 Å². The summed E-state index contributed by atoms with van der Waals surface area (Å²) in [6, 6.07) is 5.69. The SMILES string of the molecule is Cc1cc(-c2cccnc2)nc(NN)n1. The van der Waals surface area contributed by atoms with Crippen molar-refractivity contribution in [1.82, 2.24) is 15.0 Å². The van der Waals surface area contributed by atoms with Gasteiger partial charge >= 0.3 is 0 Å². The van der Waals surface area contributed by atoms with Gasteiger partial charge in [0, 0.05) is 23.7 Å². The van der Waals surface area contributed by atoms with E-state index in [2.05, 4.69) is 20.4 Å². The Labute approximate surface area is 87.4 Å². The Kier molecular flexibility index (Phi) is 2.55. The van der Waals surface area contributed by atoms with Gasteiger partial charge in [-0.15, -0.1) is 0 Å². The summed E-state index contributed by atoms with van der Waals surface area (Å²) in [5, 5.41) is 0. The van der Waals surface area contributed by atoms with E-state index in [1.165, 1.54) is 0 Å². The second kappa shape index (κ2) is 4.02. The van der Waals surface area contributed by atoms with Crippen molar-refractivity contribution in [3.05, 3.63) is 36.3 Å². The fourth-order valence-corrected chi connectivity index (χ4v) is 1.30. The standard InChI is InChI=1S/C10H11N5/c1-7-5-9(14-10(13-7)15-11)8-3-2-4-12-6-8/h2-6H,11H2,1H3,(H,13,14,15). The van der Waals surface area contributed by atoms with Crippen molar-refractivity contribution in [2.75, 3.05) is 5.43 Å². The molecule has 3 N–H and O–H groups in total. The molecule has 0 spiro atoms. The van der Waals surface area contributed by atoms with E-state index in [9.17, 15) is 0 Å². The van der Waals surface area contributed by atoms with Crippen LogP contribution in [0.4, 0.5) is 5.95 Å². The van der Waals surface area contributed by atoms with Crippen molar-refractivity contribution in [2.45, 2.75) is 6.92 Å². The Morgan fingerprint density at radius 2 is 2.20 bits per heavy atom. The molecule has 0 aliphatic heterocycles. The first kappa shape index (κ1) is 9.54. The molecule has 5 heteroatoms. The minimum atomic E-state index is 0.411. The summed E-state index contributed by atoms with van der Waals surface area (Å²) < 4.78 is 0. The monoisotopic (exact) mass is 201 g/mol. The number of hydrogen-bond donors (Lipinski definition) is 2. The summed E-state index contributed by atoms with van der Waals surface area (Å²) in [5.41, 5.74) is 5.05. The number of rotatable bonds is 2. The summed E-state index contributed by atoms with van der Waals surface area (Å²) >= 11 is 0. The lowest BCUT2D eigenvalue weighted by Gasteiger charge is -2.04. The first-order valence-corrected chi connectivity index (χ1v) is 4.52. The molecule has 0 saturated heterocycles. The van der Waals surface area contributed by atoms with Gasteiger partial charge in [0.05, 0.1) is 5.69 Å². The van der Waals surface area contributed by atoms with Gasteiger partial charge in [-0.3, -0.25) is 10.4 Å². The molecule has 0 bridgehead atoms. The van der Waals surface area contributed by atoms with Crippen LogP contribution in [0.3, 0.4) is 0 Å². The minimum absolute atomic E-state index is 0.411. The average molecular weight is 201 g/mol. The molecule has 2 aromatic heterocycles. The molecule has 2 aromatic rings. The molecule has 0 atom stereocenters. The fourth-order valence-electron chi connectivity index (χ4n) is 1.30. The van der Waals surface area contributed by atoms with Gasteiger partial charge in [-0.2, -0.15) is 0 Å². The van der Waals surface area contributed by atoms with E-state index in [0.717, 1.165) is 17.0 Å². The Morgan fingerprint density at radius 3 is 2.87 bits per heavy atom. The highest BCUT2D eigenvalue weighted by molar-refractivity contribution is 5.59. The second-order valence-electron chi connectivity index (χ2n) is 3.10. The number of pyridine rings is 1. The predicted molar refractivity (Wildman–Crippen MR) is 57.8 cm³/mol. The summed E-state index contributed by atoms with van der Waals surface area (Å²) in [6.07, 6.45) is 3.47. The number of aryl methyl sites for hydroxylation is 1. The molecule has 2 rings (SSSR count). The normalized spacial score (nSPS) is 10.0. The number of nitrogen functional groups attached to an aromatic ring is 1. The molecule has 0 aliphatic rings. The van der Waals surface area contributed by atoms with E-state index < -0.39 is 0 Å². The Balaban J connectivity index is 2.49. The molecule has 0 saturated carbocycles. The number of nitrogens with one attached hydrogen (secondary N) is 1. The zero-order chi connectivity index (χ0) is 10.7. The predicted octanol–water partition coefficient (Wildman–Crippen LogP) is 1.13. The first-order chi connectivity index (χ1) is 7.29. The summed E-state index contributed by atoms with van der Waals surface area (Å²) in [6.45, 7) is 1.89. The van der Waals surface area contributed by atoms with Gasteiger partial charge in [-0.05, 0) is 25.1 Å². The van der Waals surface area contributed by atoms with Crippen LogP contribution < -0.4 is 11.3 Å².